The maximum absolute atomic E-state index is 3.35. The van der Waals surface area contributed by atoms with Gasteiger partial charge in [0, 0.05) is 12.6 Å². The summed E-state index contributed by atoms with van der Waals surface area (Å²) in [5, 5.41) is 3.35. The van der Waals surface area contributed by atoms with Crippen LogP contribution >= 0.6 is 0 Å². The first-order valence-corrected chi connectivity index (χ1v) is 7.59. The summed E-state index contributed by atoms with van der Waals surface area (Å²) < 4.78 is 0. The topological polar surface area (TPSA) is 15.3 Å². The van der Waals surface area contributed by atoms with E-state index >= 15 is 0 Å². The van der Waals surface area contributed by atoms with Crippen molar-refractivity contribution in [2.75, 3.05) is 26.7 Å². The quantitative estimate of drug-likeness (QED) is 0.813. The Labute approximate surface area is 107 Å². The maximum atomic E-state index is 3.35. The van der Waals surface area contributed by atoms with Gasteiger partial charge in [0.2, 0.25) is 0 Å². The SMILES string of the molecule is CNCC1CCCN(C2CCC(C)CC2C)C1. The third-order valence-electron chi connectivity index (χ3n) is 4.90. The molecular formula is C15H30N2. The van der Waals surface area contributed by atoms with Crippen LogP contribution in [0.5, 0.6) is 0 Å². The van der Waals surface area contributed by atoms with E-state index in [4.69, 9.17) is 0 Å². The Morgan fingerprint density at radius 3 is 2.71 bits per heavy atom. The molecule has 4 atom stereocenters. The molecule has 2 heteroatoms. The fourth-order valence-corrected chi connectivity index (χ4v) is 4.05. The molecule has 17 heavy (non-hydrogen) atoms. The van der Waals surface area contributed by atoms with E-state index in [-0.39, 0.29) is 0 Å². The van der Waals surface area contributed by atoms with Crippen molar-refractivity contribution >= 4 is 0 Å². The van der Waals surface area contributed by atoms with Gasteiger partial charge in [-0.3, -0.25) is 4.90 Å². The number of hydrogen-bond donors (Lipinski definition) is 1. The zero-order valence-corrected chi connectivity index (χ0v) is 11.9. The van der Waals surface area contributed by atoms with Crippen molar-refractivity contribution in [3.8, 4) is 0 Å². The van der Waals surface area contributed by atoms with Crippen LogP contribution in [0.15, 0.2) is 0 Å². The number of piperidine rings is 1. The molecule has 1 aliphatic carbocycles. The Hall–Kier alpha value is -0.0800. The Balaban J connectivity index is 1.88. The Kier molecular flexibility index (Phi) is 4.87. The molecule has 0 amide bonds. The van der Waals surface area contributed by atoms with Crippen LogP contribution in [-0.4, -0.2) is 37.6 Å². The molecule has 4 unspecified atom stereocenters. The molecule has 2 fully saturated rings. The fraction of sp³-hybridized carbons (Fsp3) is 1.00. The van der Waals surface area contributed by atoms with Crippen LogP contribution in [0.3, 0.4) is 0 Å². The van der Waals surface area contributed by atoms with Crippen LogP contribution in [0.1, 0.15) is 46.0 Å². The molecule has 0 radical (unpaired) electrons. The van der Waals surface area contributed by atoms with Crippen molar-refractivity contribution in [3.63, 3.8) is 0 Å². The van der Waals surface area contributed by atoms with Gasteiger partial charge in [-0.25, -0.2) is 0 Å². The van der Waals surface area contributed by atoms with Crippen molar-refractivity contribution in [2.24, 2.45) is 17.8 Å². The maximum Gasteiger partial charge on any atom is 0.0121 e. The second-order valence-electron chi connectivity index (χ2n) is 6.52. The molecule has 0 aromatic carbocycles. The molecule has 2 rings (SSSR count). The van der Waals surface area contributed by atoms with E-state index in [1.54, 1.807) is 0 Å². The van der Waals surface area contributed by atoms with E-state index in [0.717, 1.165) is 23.8 Å². The number of hydrogen-bond acceptors (Lipinski definition) is 2. The minimum atomic E-state index is 0.880. The van der Waals surface area contributed by atoms with E-state index in [0.29, 0.717) is 0 Å². The Bertz CT molecular complexity index is 227. The van der Waals surface area contributed by atoms with E-state index in [1.807, 2.05) is 0 Å². The van der Waals surface area contributed by atoms with Crippen molar-refractivity contribution in [3.05, 3.63) is 0 Å². The zero-order chi connectivity index (χ0) is 12.3. The number of likely N-dealkylation sites (tertiary alicyclic amines) is 1. The van der Waals surface area contributed by atoms with Crippen molar-refractivity contribution in [2.45, 2.75) is 52.0 Å². The van der Waals surface area contributed by atoms with Crippen LogP contribution in [-0.2, 0) is 0 Å². The predicted molar refractivity (Wildman–Crippen MR) is 74.2 cm³/mol. The van der Waals surface area contributed by atoms with Crippen LogP contribution in [0, 0.1) is 17.8 Å². The van der Waals surface area contributed by atoms with E-state index in [1.165, 1.54) is 51.7 Å². The molecule has 0 aromatic rings. The molecule has 2 nitrogen and oxygen atoms in total. The van der Waals surface area contributed by atoms with Crippen molar-refractivity contribution in [1.29, 1.82) is 0 Å². The molecular weight excluding hydrogens is 208 g/mol. The Morgan fingerprint density at radius 1 is 1.18 bits per heavy atom. The van der Waals surface area contributed by atoms with Gasteiger partial charge >= 0.3 is 0 Å². The number of rotatable bonds is 3. The lowest BCUT2D eigenvalue weighted by molar-refractivity contribution is 0.0557. The lowest BCUT2D eigenvalue weighted by Crippen LogP contribution is -2.48. The highest BCUT2D eigenvalue weighted by Crippen LogP contribution is 2.33. The Morgan fingerprint density at radius 2 is 2.00 bits per heavy atom. The smallest absolute Gasteiger partial charge is 0.0121 e. The van der Waals surface area contributed by atoms with Gasteiger partial charge in [0.1, 0.15) is 0 Å². The average molecular weight is 238 g/mol. The van der Waals surface area contributed by atoms with Crippen LogP contribution in [0.4, 0.5) is 0 Å². The summed E-state index contributed by atoms with van der Waals surface area (Å²) in [5.74, 6) is 2.76. The molecule has 1 saturated carbocycles. The van der Waals surface area contributed by atoms with Gasteiger partial charge in [-0.05, 0) is 70.0 Å². The van der Waals surface area contributed by atoms with Crippen LogP contribution in [0.25, 0.3) is 0 Å². The molecule has 1 aliphatic heterocycles. The lowest BCUT2D eigenvalue weighted by Gasteiger charge is -2.44. The first-order chi connectivity index (χ1) is 8.20. The fourth-order valence-electron chi connectivity index (χ4n) is 4.05. The highest BCUT2D eigenvalue weighted by Gasteiger charge is 2.32. The van der Waals surface area contributed by atoms with Crippen molar-refractivity contribution in [1.82, 2.24) is 10.2 Å². The van der Waals surface area contributed by atoms with Gasteiger partial charge in [0.25, 0.3) is 0 Å². The van der Waals surface area contributed by atoms with Gasteiger partial charge in [0.05, 0.1) is 0 Å². The second-order valence-corrected chi connectivity index (χ2v) is 6.52. The standard InChI is InChI=1S/C15H30N2/c1-12-6-7-15(13(2)9-12)17-8-4-5-14(11-17)10-16-3/h12-16H,4-11H2,1-3H3. The molecule has 0 aromatic heterocycles. The number of nitrogens with zero attached hydrogens (tertiary/aromatic N) is 1. The van der Waals surface area contributed by atoms with Crippen LogP contribution < -0.4 is 5.32 Å². The molecule has 100 valence electrons. The average Bonchev–Trinajstić information content (AvgIpc) is 2.29. The summed E-state index contributed by atoms with van der Waals surface area (Å²) in [7, 11) is 2.09. The molecule has 1 N–H and O–H groups in total. The van der Waals surface area contributed by atoms with Gasteiger partial charge in [-0.2, -0.15) is 0 Å². The lowest BCUT2D eigenvalue weighted by atomic mass is 9.78. The highest BCUT2D eigenvalue weighted by molar-refractivity contribution is 4.86. The third-order valence-corrected chi connectivity index (χ3v) is 4.90. The highest BCUT2D eigenvalue weighted by atomic mass is 15.2. The van der Waals surface area contributed by atoms with Gasteiger partial charge < -0.3 is 5.32 Å². The van der Waals surface area contributed by atoms with E-state index in [2.05, 4.69) is 31.1 Å². The molecule has 2 aliphatic rings. The van der Waals surface area contributed by atoms with Crippen molar-refractivity contribution < 1.29 is 0 Å². The first-order valence-electron chi connectivity index (χ1n) is 7.59. The second kappa shape index (κ2) is 6.19. The van der Waals surface area contributed by atoms with Crippen LogP contribution in [0.2, 0.25) is 0 Å². The normalized spacial score (nSPS) is 40.4. The minimum Gasteiger partial charge on any atom is -0.319 e. The summed E-state index contributed by atoms with van der Waals surface area (Å²) in [5.41, 5.74) is 0. The summed E-state index contributed by atoms with van der Waals surface area (Å²) in [6.07, 6.45) is 7.16. The third kappa shape index (κ3) is 3.45. The number of nitrogens with one attached hydrogen (secondary N) is 1. The minimum absolute atomic E-state index is 0.880. The van der Waals surface area contributed by atoms with Gasteiger partial charge in [0.15, 0.2) is 0 Å². The summed E-state index contributed by atoms with van der Waals surface area (Å²) in [4.78, 5) is 2.81. The van der Waals surface area contributed by atoms with E-state index in [9.17, 15) is 0 Å². The first kappa shape index (κ1) is 13.4. The molecule has 1 heterocycles. The molecule has 1 saturated heterocycles. The van der Waals surface area contributed by atoms with Gasteiger partial charge in [-0.15, -0.1) is 0 Å². The van der Waals surface area contributed by atoms with E-state index < -0.39 is 0 Å². The molecule has 0 spiro atoms. The zero-order valence-electron chi connectivity index (χ0n) is 11.9. The summed E-state index contributed by atoms with van der Waals surface area (Å²) in [6.45, 7) is 8.79. The van der Waals surface area contributed by atoms with Gasteiger partial charge in [-0.1, -0.05) is 13.8 Å². The summed E-state index contributed by atoms with van der Waals surface area (Å²) in [6, 6.07) is 0.880. The largest absolute Gasteiger partial charge is 0.319 e. The molecule has 0 bridgehead atoms. The monoisotopic (exact) mass is 238 g/mol. The predicted octanol–water partition coefficient (Wildman–Crippen LogP) is 2.74. The summed E-state index contributed by atoms with van der Waals surface area (Å²) >= 11 is 0.